The molecule has 0 amide bonds. The SMILES string of the molecule is c1ccc(-c2ccc(N(c3ccc(-c4ccccc4)c(-c4ccccc4)c3)c3ccccc3-c3ccc4c(c3)-n3c5ccccc5c5cccc(c53)C43c4ccccc4-c4ccccc43)cc2)cc1. The summed E-state index contributed by atoms with van der Waals surface area (Å²) < 4.78 is 2.56. The van der Waals surface area contributed by atoms with Crippen LogP contribution < -0.4 is 4.90 Å². The molecule has 0 saturated heterocycles. The fourth-order valence-electron chi connectivity index (χ4n) is 11.9. The third kappa shape index (κ3) is 5.86. The van der Waals surface area contributed by atoms with E-state index in [4.69, 9.17) is 0 Å². The van der Waals surface area contributed by atoms with E-state index in [9.17, 15) is 0 Å². The van der Waals surface area contributed by atoms with E-state index in [-0.39, 0.29) is 0 Å². The Morgan fingerprint density at radius 1 is 0.290 bits per heavy atom. The lowest BCUT2D eigenvalue weighted by molar-refractivity contribution is 0.748. The van der Waals surface area contributed by atoms with E-state index in [0.29, 0.717) is 0 Å². The van der Waals surface area contributed by atoms with Crippen LogP contribution in [0.2, 0.25) is 0 Å². The summed E-state index contributed by atoms with van der Waals surface area (Å²) in [5.41, 5.74) is 23.8. The van der Waals surface area contributed by atoms with Gasteiger partial charge in [-0.3, -0.25) is 0 Å². The molecule has 0 unspecified atom stereocenters. The summed E-state index contributed by atoms with van der Waals surface area (Å²) in [6.07, 6.45) is 0. The van der Waals surface area contributed by atoms with E-state index in [1.54, 1.807) is 0 Å². The molecule has 2 heterocycles. The van der Waals surface area contributed by atoms with Gasteiger partial charge in [-0.1, -0.05) is 224 Å². The van der Waals surface area contributed by atoms with Crippen molar-refractivity contribution in [2.24, 2.45) is 0 Å². The first-order valence-corrected chi connectivity index (χ1v) is 23.9. The Kier molecular flexibility index (Phi) is 8.84. The summed E-state index contributed by atoms with van der Waals surface area (Å²) in [7, 11) is 0. The van der Waals surface area contributed by atoms with E-state index in [0.717, 1.165) is 28.2 Å². The quantitative estimate of drug-likeness (QED) is 0.155. The minimum Gasteiger partial charge on any atom is -0.310 e. The molecule has 2 heteroatoms. The minimum atomic E-state index is -0.509. The van der Waals surface area contributed by atoms with E-state index >= 15 is 0 Å². The zero-order chi connectivity index (χ0) is 45.5. The molecule has 11 aromatic carbocycles. The first kappa shape index (κ1) is 39.2. The van der Waals surface area contributed by atoms with Gasteiger partial charge in [0.25, 0.3) is 0 Å². The highest BCUT2D eigenvalue weighted by Gasteiger charge is 2.50. The number of rotatable bonds is 7. The van der Waals surface area contributed by atoms with Gasteiger partial charge in [-0.05, 0) is 115 Å². The van der Waals surface area contributed by atoms with Gasteiger partial charge in [0.2, 0.25) is 0 Å². The van der Waals surface area contributed by atoms with Crippen LogP contribution in [0.5, 0.6) is 0 Å². The topological polar surface area (TPSA) is 8.17 Å². The maximum Gasteiger partial charge on any atom is 0.0754 e. The summed E-state index contributed by atoms with van der Waals surface area (Å²) in [6, 6.07) is 98.6. The molecule has 1 spiro atoms. The molecule has 0 fully saturated rings. The number of aromatic nitrogens is 1. The molecule has 2 nitrogen and oxygen atoms in total. The second-order valence-electron chi connectivity index (χ2n) is 18.4. The number of anilines is 3. The number of hydrogen-bond donors (Lipinski definition) is 0. The second-order valence-corrected chi connectivity index (χ2v) is 18.4. The summed E-state index contributed by atoms with van der Waals surface area (Å²) >= 11 is 0. The van der Waals surface area contributed by atoms with Crippen LogP contribution >= 0.6 is 0 Å². The normalized spacial score (nSPS) is 12.8. The highest BCUT2D eigenvalue weighted by molar-refractivity contribution is 6.13. The molecular formula is C67H44N2. The molecule has 0 saturated carbocycles. The van der Waals surface area contributed by atoms with E-state index in [1.807, 2.05) is 0 Å². The Morgan fingerprint density at radius 3 is 1.52 bits per heavy atom. The van der Waals surface area contributed by atoms with Gasteiger partial charge in [0.1, 0.15) is 0 Å². The number of fused-ring (bicyclic) bond motifs is 12. The summed E-state index contributed by atoms with van der Waals surface area (Å²) in [6.45, 7) is 0. The third-order valence-corrected chi connectivity index (χ3v) is 14.8. The van der Waals surface area contributed by atoms with Gasteiger partial charge in [-0.15, -0.1) is 0 Å². The fourth-order valence-corrected chi connectivity index (χ4v) is 11.9. The Morgan fingerprint density at radius 2 is 0.812 bits per heavy atom. The van der Waals surface area contributed by atoms with Crippen molar-refractivity contribution in [3.63, 3.8) is 0 Å². The van der Waals surface area contributed by atoms with Gasteiger partial charge in [0.05, 0.1) is 27.8 Å². The van der Waals surface area contributed by atoms with Crippen LogP contribution in [0.4, 0.5) is 17.1 Å². The molecule has 0 atom stereocenters. The number of nitrogens with zero attached hydrogens (tertiary/aromatic N) is 2. The van der Waals surface area contributed by atoms with Crippen molar-refractivity contribution in [3.05, 3.63) is 289 Å². The lowest BCUT2D eigenvalue weighted by Crippen LogP contribution is -2.33. The van der Waals surface area contributed by atoms with Crippen LogP contribution in [-0.2, 0) is 5.41 Å². The van der Waals surface area contributed by atoms with Crippen LogP contribution in [0.3, 0.4) is 0 Å². The first-order valence-electron chi connectivity index (χ1n) is 23.9. The number of benzene rings is 11. The standard InChI is InChI=1S/C67H44N2/c1-4-19-45(20-5-1)46-35-38-50(39-36-46)68(51-40-41-52(47-21-6-2-7-22-47)58(44-51)48-23-8-3-9-24-48)63-33-16-12-25-53(63)49-37-42-61-65(43-49)69-64-34-17-13-28-56(64)57-29-18-32-62(66(57)69)67(61)59-30-14-10-26-54(59)55-27-11-15-31-60(55)67/h1-44H. The largest absolute Gasteiger partial charge is 0.310 e. The zero-order valence-electron chi connectivity index (χ0n) is 37.8. The van der Waals surface area contributed by atoms with Crippen molar-refractivity contribution in [2.45, 2.75) is 5.41 Å². The first-order chi connectivity index (χ1) is 34.3. The monoisotopic (exact) mass is 876 g/mol. The Labute approximate surface area is 402 Å². The number of para-hydroxylation sites is 3. The molecule has 0 radical (unpaired) electrons. The Hall–Kier alpha value is -8.98. The average Bonchev–Trinajstić information content (AvgIpc) is 3.93. The molecule has 14 rings (SSSR count). The maximum atomic E-state index is 2.56. The van der Waals surface area contributed by atoms with Crippen molar-refractivity contribution in [2.75, 3.05) is 4.90 Å². The van der Waals surface area contributed by atoms with Crippen LogP contribution in [0, 0.1) is 0 Å². The van der Waals surface area contributed by atoms with Crippen molar-refractivity contribution in [1.29, 1.82) is 0 Å². The van der Waals surface area contributed by atoms with Crippen molar-refractivity contribution < 1.29 is 0 Å². The Balaban J connectivity index is 1.02. The minimum absolute atomic E-state index is 0.509. The average molecular weight is 877 g/mol. The molecule has 322 valence electrons. The molecule has 69 heavy (non-hydrogen) atoms. The number of hydrogen-bond acceptors (Lipinski definition) is 1. The molecular weight excluding hydrogens is 833 g/mol. The van der Waals surface area contributed by atoms with E-state index in [2.05, 4.69) is 276 Å². The lowest BCUT2D eigenvalue weighted by Gasteiger charge is -2.40. The lowest BCUT2D eigenvalue weighted by atomic mass is 9.65. The molecule has 0 N–H and O–H groups in total. The highest BCUT2D eigenvalue weighted by Crippen LogP contribution is 2.61. The van der Waals surface area contributed by atoms with Gasteiger partial charge in [-0.2, -0.15) is 0 Å². The second kappa shape index (κ2) is 15.6. The molecule has 0 bridgehead atoms. The fraction of sp³-hybridized carbons (Fsp3) is 0.0149. The summed E-state index contributed by atoms with van der Waals surface area (Å²) in [5, 5.41) is 2.54. The van der Waals surface area contributed by atoms with Gasteiger partial charge < -0.3 is 9.47 Å². The van der Waals surface area contributed by atoms with Gasteiger partial charge in [0.15, 0.2) is 0 Å². The molecule has 2 aliphatic rings. The van der Waals surface area contributed by atoms with Crippen LogP contribution in [-0.4, -0.2) is 4.57 Å². The summed E-state index contributed by atoms with van der Waals surface area (Å²) in [4.78, 5) is 2.45. The van der Waals surface area contributed by atoms with Gasteiger partial charge >= 0.3 is 0 Å². The summed E-state index contributed by atoms with van der Waals surface area (Å²) in [5.74, 6) is 0. The van der Waals surface area contributed by atoms with Gasteiger partial charge in [0, 0.05) is 27.7 Å². The van der Waals surface area contributed by atoms with E-state index < -0.39 is 5.41 Å². The van der Waals surface area contributed by atoms with Crippen molar-refractivity contribution in [3.8, 4) is 61.3 Å². The molecule has 1 aromatic heterocycles. The predicted molar refractivity (Wildman–Crippen MR) is 288 cm³/mol. The smallest absolute Gasteiger partial charge is 0.0754 e. The highest BCUT2D eigenvalue weighted by atomic mass is 15.1. The molecule has 12 aromatic rings. The Bertz CT molecular complexity index is 3890. The van der Waals surface area contributed by atoms with Gasteiger partial charge in [-0.25, -0.2) is 0 Å². The molecule has 1 aliphatic carbocycles. The van der Waals surface area contributed by atoms with Crippen LogP contribution in [0.15, 0.2) is 267 Å². The molecule has 1 aliphatic heterocycles. The maximum absolute atomic E-state index is 2.56. The van der Waals surface area contributed by atoms with E-state index in [1.165, 1.54) is 94.3 Å². The predicted octanol–water partition coefficient (Wildman–Crippen LogP) is 17.6. The van der Waals surface area contributed by atoms with Crippen molar-refractivity contribution >= 4 is 38.9 Å². The van der Waals surface area contributed by atoms with Crippen molar-refractivity contribution in [1.82, 2.24) is 4.57 Å². The van der Waals surface area contributed by atoms with Crippen LogP contribution in [0.1, 0.15) is 22.3 Å². The third-order valence-electron chi connectivity index (χ3n) is 14.8. The van der Waals surface area contributed by atoms with Crippen LogP contribution in [0.25, 0.3) is 83.1 Å². The zero-order valence-corrected chi connectivity index (χ0v) is 37.8.